The molecule has 238 valence electrons. The van der Waals surface area contributed by atoms with Gasteiger partial charge in [-0.1, -0.05) is 12.1 Å². The lowest BCUT2D eigenvalue weighted by molar-refractivity contribution is -0.138. The van der Waals surface area contributed by atoms with Crippen LogP contribution >= 0.6 is 0 Å². The van der Waals surface area contributed by atoms with E-state index >= 15 is 0 Å². The first-order chi connectivity index (χ1) is 20.8. The number of imidazole rings is 1. The lowest BCUT2D eigenvalue weighted by Gasteiger charge is -2.52. The van der Waals surface area contributed by atoms with Crippen LogP contribution in [-0.2, 0) is 17.5 Å². The first kappa shape index (κ1) is 30.6. The molecule has 3 aliphatic rings. The molecule has 0 radical (unpaired) electrons. The van der Waals surface area contributed by atoms with Crippen molar-refractivity contribution in [2.24, 2.45) is 5.92 Å². The summed E-state index contributed by atoms with van der Waals surface area (Å²) in [7, 11) is 0. The highest BCUT2D eigenvalue weighted by Crippen LogP contribution is 2.51. The van der Waals surface area contributed by atoms with Gasteiger partial charge in [-0.2, -0.15) is 18.2 Å². The summed E-state index contributed by atoms with van der Waals surface area (Å²) in [5.41, 5.74) is 0.856. The molecule has 44 heavy (non-hydrogen) atoms. The second-order valence-corrected chi connectivity index (χ2v) is 12.5. The molecule has 1 aliphatic carbocycles. The molecule has 1 unspecified atom stereocenters. The van der Waals surface area contributed by atoms with Crippen molar-refractivity contribution < 1.29 is 26.7 Å². The Morgan fingerprint density at radius 1 is 1.09 bits per heavy atom. The Hall–Kier alpha value is -3.39. The fourth-order valence-electron chi connectivity index (χ4n) is 7.16. The average Bonchev–Trinajstić information content (AvgIpc) is 3.57. The van der Waals surface area contributed by atoms with Crippen LogP contribution in [0.4, 0.5) is 27.8 Å². The van der Waals surface area contributed by atoms with Gasteiger partial charge in [-0.3, -0.25) is 20.3 Å². The summed E-state index contributed by atoms with van der Waals surface area (Å²) in [6.07, 6.45) is -2.15. The molecule has 4 atom stereocenters. The summed E-state index contributed by atoms with van der Waals surface area (Å²) in [5, 5.41) is 16.7. The van der Waals surface area contributed by atoms with Gasteiger partial charge in [-0.25, -0.2) is 13.8 Å². The van der Waals surface area contributed by atoms with Gasteiger partial charge < -0.3 is 14.2 Å². The van der Waals surface area contributed by atoms with Crippen molar-refractivity contribution in [3.8, 4) is 0 Å². The van der Waals surface area contributed by atoms with Crippen LogP contribution in [0.1, 0.15) is 62.5 Å². The number of aromatic nitrogens is 4. The zero-order chi connectivity index (χ0) is 31.6. The van der Waals surface area contributed by atoms with E-state index in [4.69, 9.17) is 20.5 Å². The smallest absolute Gasteiger partial charge is 0.376 e. The summed E-state index contributed by atoms with van der Waals surface area (Å²) < 4.78 is 77.2. The molecule has 3 fully saturated rings. The first-order valence-electron chi connectivity index (χ1n) is 15.0. The molecule has 14 heteroatoms. The third-order valence-electron chi connectivity index (χ3n) is 9.36. The predicted octanol–water partition coefficient (Wildman–Crippen LogP) is 5.36. The van der Waals surface area contributed by atoms with E-state index in [1.54, 1.807) is 0 Å². The Morgan fingerprint density at radius 2 is 1.80 bits per heavy atom. The Bertz CT molecular complexity index is 1590. The average molecular weight is 621 g/mol. The van der Waals surface area contributed by atoms with Crippen LogP contribution in [0.15, 0.2) is 24.3 Å². The molecule has 6 rings (SSSR count). The number of aryl methyl sites for hydroxylation is 1. The van der Waals surface area contributed by atoms with Gasteiger partial charge in [-0.15, -0.1) is 0 Å². The molecular formula is C30H37F5N8O. The Balaban J connectivity index is 1.34. The minimum absolute atomic E-state index is 0.0135. The number of halogens is 5. The van der Waals surface area contributed by atoms with Gasteiger partial charge in [0.25, 0.3) is 0 Å². The molecule has 2 aliphatic heterocycles. The topological polar surface area (TPSA) is 99.1 Å². The molecule has 2 aromatic heterocycles. The number of alkyl halides is 5. The zero-order valence-corrected chi connectivity index (χ0v) is 24.9. The number of hydrogen-bond donors (Lipinski definition) is 2. The van der Waals surface area contributed by atoms with E-state index in [0.717, 1.165) is 31.3 Å². The van der Waals surface area contributed by atoms with Crippen molar-refractivity contribution in [1.29, 1.82) is 10.8 Å². The van der Waals surface area contributed by atoms with Gasteiger partial charge in [0, 0.05) is 50.7 Å². The van der Waals surface area contributed by atoms with Crippen LogP contribution in [0, 0.1) is 23.7 Å². The molecular weight excluding hydrogens is 583 g/mol. The largest absolute Gasteiger partial charge is 0.416 e. The Labute approximate surface area is 251 Å². The third-order valence-corrected chi connectivity index (χ3v) is 9.36. The van der Waals surface area contributed by atoms with Crippen molar-refractivity contribution in [2.45, 2.75) is 89.3 Å². The zero-order valence-electron chi connectivity index (χ0n) is 24.9. The van der Waals surface area contributed by atoms with Crippen LogP contribution < -0.4 is 10.5 Å². The van der Waals surface area contributed by atoms with E-state index in [0.29, 0.717) is 54.6 Å². The molecule has 2 N–H and O–H groups in total. The Kier molecular flexibility index (Phi) is 7.80. The molecule has 4 heterocycles. The highest BCUT2D eigenvalue weighted by molar-refractivity contribution is 5.88. The fourth-order valence-corrected chi connectivity index (χ4v) is 7.16. The van der Waals surface area contributed by atoms with E-state index in [1.165, 1.54) is 16.7 Å². The number of nitrogens with zero attached hydrogens (tertiary/aromatic N) is 6. The molecule has 9 nitrogen and oxygen atoms in total. The summed E-state index contributed by atoms with van der Waals surface area (Å²) in [5.74, 6) is -1.95. The van der Waals surface area contributed by atoms with Crippen molar-refractivity contribution in [3.63, 3.8) is 0 Å². The highest BCUT2D eigenvalue weighted by atomic mass is 19.4. The minimum atomic E-state index is -4.49. The first-order valence-corrected chi connectivity index (χ1v) is 15.0. The second-order valence-electron chi connectivity index (χ2n) is 12.5. The number of benzene rings is 1. The van der Waals surface area contributed by atoms with Crippen molar-refractivity contribution in [3.05, 3.63) is 46.8 Å². The number of rotatable bonds is 7. The fraction of sp³-hybridized carbons (Fsp3) is 0.600. The number of anilines is 1. The lowest BCUT2D eigenvalue weighted by Crippen LogP contribution is -2.60. The van der Waals surface area contributed by atoms with Gasteiger partial charge in [0.1, 0.15) is 11.3 Å². The van der Waals surface area contributed by atoms with Crippen LogP contribution in [0.5, 0.6) is 0 Å². The maximum atomic E-state index is 14.1. The molecule has 2 saturated heterocycles. The maximum Gasteiger partial charge on any atom is 0.416 e. The lowest BCUT2D eigenvalue weighted by atomic mass is 9.73. The number of hydrogen-bond acceptors (Lipinski definition) is 7. The van der Waals surface area contributed by atoms with E-state index in [-0.39, 0.29) is 36.6 Å². The summed E-state index contributed by atoms with van der Waals surface area (Å²) >= 11 is 0. The van der Waals surface area contributed by atoms with Crippen LogP contribution in [0.2, 0.25) is 0 Å². The molecule has 1 aromatic carbocycles. The highest BCUT2D eigenvalue weighted by Gasteiger charge is 2.51. The maximum absolute atomic E-state index is 14.1. The normalized spacial score (nSPS) is 25.4. The monoisotopic (exact) mass is 620 g/mol. The van der Waals surface area contributed by atoms with E-state index in [1.807, 2.05) is 25.3 Å². The van der Waals surface area contributed by atoms with Gasteiger partial charge in [0.2, 0.25) is 11.5 Å². The predicted molar refractivity (Wildman–Crippen MR) is 154 cm³/mol. The van der Waals surface area contributed by atoms with Crippen molar-refractivity contribution >= 4 is 23.3 Å². The van der Waals surface area contributed by atoms with Crippen molar-refractivity contribution in [2.75, 3.05) is 24.6 Å². The van der Waals surface area contributed by atoms with Gasteiger partial charge in [0.05, 0.1) is 24.6 Å². The second kappa shape index (κ2) is 11.2. The molecule has 1 saturated carbocycles. The molecule has 0 amide bonds. The Morgan fingerprint density at radius 3 is 2.39 bits per heavy atom. The van der Waals surface area contributed by atoms with Gasteiger partial charge >= 0.3 is 6.18 Å². The SMILES string of the molecule is Cc1nc2c(N3C[C@@H](C)N(C(c4ccc(C(F)(F)F)cc4)C4CC(F)(F)C4)C[C@@H]3C)nc(=N)n(C=N)c2n1C[C@@H]1CCCO1. The summed E-state index contributed by atoms with van der Waals surface area (Å²) in [6, 6.07) is 4.06. The minimum Gasteiger partial charge on any atom is -0.376 e. The van der Waals surface area contributed by atoms with E-state index in [9.17, 15) is 22.0 Å². The van der Waals surface area contributed by atoms with Crippen LogP contribution in [0.25, 0.3) is 11.2 Å². The number of ether oxygens (including phenoxy) is 1. The van der Waals surface area contributed by atoms with Gasteiger partial charge in [0.15, 0.2) is 11.5 Å². The molecule has 0 spiro atoms. The molecule has 0 bridgehead atoms. The van der Waals surface area contributed by atoms with Crippen molar-refractivity contribution in [1.82, 2.24) is 24.0 Å². The number of nitrogens with one attached hydrogen (secondary N) is 2. The standard InChI is InChI=1S/C30H37F5N8O/c1-17-14-41(26-24-27(43(16-36)28(37)39-26)42(19(3)38-24)15-23-5-4-10-44-23)18(2)13-40(17)25(21-11-29(31,32)12-21)20-6-8-22(9-7-20)30(33,34)35/h6-9,16-18,21,23,25,36-37H,4-5,10-15H2,1-3H3/t17-,18+,23+,25?/m1/s1. The van der Waals surface area contributed by atoms with E-state index < -0.39 is 29.6 Å². The third kappa shape index (κ3) is 5.50. The number of piperazine rings is 1. The van der Waals surface area contributed by atoms with Crippen LogP contribution in [-0.4, -0.2) is 74.1 Å². The molecule has 3 aromatic rings. The van der Waals surface area contributed by atoms with Gasteiger partial charge in [-0.05, 0) is 57.2 Å². The summed E-state index contributed by atoms with van der Waals surface area (Å²) in [4.78, 5) is 13.6. The summed E-state index contributed by atoms with van der Waals surface area (Å²) in [6.45, 7) is 7.97. The van der Waals surface area contributed by atoms with Crippen LogP contribution in [0.3, 0.4) is 0 Å². The number of fused-ring (bicyclic) bond motifs is 1. The van der Waals surface area contributed by atoms with E-state index in [2.05, 4.69) is 14.8 Å². The quantitative estimate of drug-likeness (QED) is 0.211.